The van der Waals surface area contributed by atoms with E-state index >= 15 is 0 Å². The topological polar surface area (TPSA) is 64.1 Å². The minimum Gasteiger partial charge on any atom is -0.391 e. The molecule has 0 amide bonds. The molecule has 2 atom stereocenters. The molecule has 4 nitrogen and oxygen atoms in total. The number of nitrogens with two attached hydrogens (primary N) is 1. The Morgan fingerprint density at radius 2 is 2.38 bits per heavy atom. The zero-order valence-electron chi connectivity index (χ0n) is 7.15. The lowest BCUT2D eigenvalue weighted by Gasteiger charge is -2.16. The van der Waals surface area contributed by atoms with Crippen LogP contribution in [0.15, 0.2) is 10.7 Å². The summed E-state index contributed by atoms with van der Waals surface area (Å²) in [5.41, 5.74) is 5.79. The number of halogens is 1. The van der Waals surface area contributed by atoms with E-state index in [1.807, 2.05) is 0 Å². The molecule has 1 fully saturated rings. The molecule has 2 unspecified atom stereocenters. The summed E-state index contributed by atoms with van der Waals surface area (Å²) < 4.78 is 2.51. The molecule has 1 saturated carbocycles. The average Bonchev–Trinajstić information content (AvgIpc) is 2.62. The number of hydrogen-bond acceptors (Lipinski definition) is 3. The highest BCUT2D eigenvalue weighted by Gasteiger charge is 2.28. The van der Waals surface area contributed by atoms with Gasteiger partial charge < -0.3 is 10.8 Å². The Labute approximate surface area is 84.9 Å². The summed E-state index contributed by atoms with van der Waals surface area (Å²) in [5.74, 6) is 0.603. The molecule has 1 aliphatic rings. The van der Waals surface area contributed by atoms with Gasteiger partial charge in [0, 0.05) is 0 Å². The van der Waals surface area contributed by atoms with Crippen molar-refractivity contribution in [2.24, 2.45) is 0 Å². The third-order valence-electron chi connectivity index (χ3n) is 2.55. The van der Waals surface area contributed by atoms with Gasteiger partial charge in [0.15, 0.2) is 0 Å². The Hall–Kier alpha value is -0.550. The first-order chi connectivity index (χ1) is 6.20. The van der Waals surface area contributed by atoms with Gasteiger partial charge in [0.05, 0.1) is 22.8 Å². The highest BCUT2D eigenvalue weighted by atomic mass is 79.9. The normalized spacial score (nSPS) is 28.2. The first kappa shape index (κ1) is 9.02. The largest absolute Gasteiger partial charge is 0.391 e. The second-order valence-electron chi connectivity index (χ2n) is 3.39. The van der Waals surface area contributed by atoms with E-state index in [2.05, 4.69) is 21.0 Å². The van der Waals surface area contributed by atoms with Crippen molar-refractivity contribution in [3.8, 4) is 0 Å². The number of anilines is 1. The molecule has 1 aromatic heterocycles. The van der Waals surface area contributed by atoms with Crippen molar-refractivity contribution < 1.29 is 5.11 Å². The van der Waals surface area contributed by atoms with E-state index in [4.69, 9.17) is 5.73 Å². The van der Waals surface area contributed by atoms with Gasteiger partial charge in [-0.3, -0.25) is 0 Å². The number of nitrogens with zero attached hydrogens (tertiary/aromatic N) is 2. The minimum absolute atomic E-state index is 0.0614. The molecular formula is C8H12BrN3O. The lowest BCUT2D eigenvalue weighted by atomic mass is 10.2. The first-order valence-electron chi connectivity index (χ1n) is 4.36. The van der Waals surface area contributed by atoms with Crippen molar-refractivity contribution in [1.29, 1.82) is 0 Å². The van der Waals surface area contributed by atoms with Crippen LogP contribution in [0.5, 0.6) is 0 Å². The summed E-state index contributed by atoms with van der Waals surface area (Å²) in [5, 5.41) is 13.8. The maximum absolute atomic E-state index is 9.64. The zero-order chi connectivity index (χ0) is 9.42. The summed E-state index contributed by atoms with van der Waals surface area (Å²) in [6.45, 7) is 0. The summed E-state index contributed by atoms with van der Waals surface area (Å²) >= 11 is 3.29. The summed E-state index contributed by atoms with van der Waals surface area (Å²) in [7, 11) is 0. The third-order valence-corrected chi connectivity index (χ3v) is 3.16. The predicted molar refractivity (Wildman–Crippen MR) is 53.2 cm³/mol. The second-order valence-corrected chi connectivity index (χ2v) is 4.24. The molecule has 13 heavy (non-hydrogen) atoms. The molecule has 2 rings (SSSR count). The molecule has 1 aliphatic carbocycles. The SMILES string of the molecule is Nc1c(Br)cnn1C1CCCC1O. The van der Waals surface area contributed by atoms with Crippen LogP contribution < -0.4 is 5.73 Å². The Bertz CT molecular complexity index is 312. The van der Waals surface area contributed by atoms with Crippen LogP contribution in [0.3, 0.4) is 0 Å². The average molecular weight is 246 g/mol. The van der Waals surface area contributed by atoms with E-state index in [9.17, 15) is 5.11 Å². The van der Waals surface area contributed by atoms with Crippen LogP contribution in [0.4, 0.5) is 5.82 Å². The van der Waals surface area contributed by atoms with Crippen LogP contribution in [-0.2, 0) is 0 Å². The molecule has 0 aromatic carbocycles. The van der Waals surface area contributed by atoms with E-state index in [-0.39, 0.29) is 12.1 Å². The van der Waals surface area contributed by atoms with Gasteiger partial charge in [-0.25, -0.2) is 4.68 Å². The number of hydrogen-bond donors (Lipinski definition) is 2. The fourth-order valence-electron chi connectivity index (χ4n) is 1.82. The molecule has 1 aromatic rings. The highest BCUT2D eigenvalue weighted by Crippen LogP contribution is 2.33. The number of aliphatic hydroxyl groups is 1. The molecule has 0 spiro atoms. The summed E-state index contributed by atoms with van der Waals surface area (Å²) in [6, 6.07) is 0.0614. The Morgan fingerprint density at radius 1 is 1.62 bits per heavy atom. The lowest BCUT2D eigenvalue weighted by Crippen LogP contribution is -2.20. The van der Waals surface area contributed by atoms with Crippen LogP contribution in [0, 0.1) is 0 Å². The van der Waals surface area contributed by atoms with Crippen LogP contribution >= 0.6 is 15.9 Å². The van der Waals surface area contributed by atoms with Crippen molar-refractivity contribution in [1.82, 2.24) is 9.78 Å². The Morgan fingerprint density at radius 3 is 2.85 bits per heavy atom. The zero-order valence-corrected chi connectivity index (χ0v) is 8.74. The molecule has 0 radical (unpaired) electrons. The van der Waals surface area contributed by atoms with Gasteiger partial charge in [-0.1, -0.05) is 0 Å². The van der Waals surface area contributed by atoms with E-state index in [1.54, 1.807) is 10.9 Å². The van der Waals surface area contributed by atoms with Crippen molar-refractivity contribution >= 4 is 21.7 Å². The number of rotatable bonds is 1. The number of aromatic nitrogens is 2. The van der Waals surface area contributed by atoms with Crippen LogP contribution in [0.1, 0.15) is 25.3 Å². The molecule has 5 heteroatoms. The maximum atomic E-state index is 9.64. The Balaban J connectivity index is 2.29. The van der Waals surface area contributed by atoms with Gasteiger partial charge in [0.1, 0.15) is 5.82 Å². The van der Waals surface area contributed by atoms with Gasteiger partial charge in [-0.15, -0.1) is 0 Å². The van der Waals surface area contributed by atoms with Crippen molar-refractivity contribution in [3.63, 3.8) is 0 Å². The Kier molecular flexibility index (Phi) is 2.29. The molecule has 72 valence electrons. The molecule has 3 N–H and O–H groups in total. The van der Waals surface area contributed by atoms with Gasteiger partial charge in [-0.05, 0) is 35.2 Å². The highest BCUT2D eigenvalue weighted by molar-refractivity contribution is 9.10. The van der Waals surface area contributed by atoms with Crippen LogP contribution in [-0.4, -0.2) is 21.0 Å². The second kappa shape index (κ2) is 3.31. The van der Waals surface area contributed by atoms with E-state index in [0.29, 0.717) is 5.82 Å². The fraction of sp³-hybridized carbons (Fsp3) is 0.625. The van der Waals surface area contributed by atoms with Crippen molar-refractivity contribution in [3.05, 3.63) is 10.7 Å². The van der Waals surface area contributed by atoms with Gasteiger partial charge in [0.2, 0.25) is 0 Å². The minimum atomic E-state index is -0.297. The van der Waals surface area contributed by atoms with Gasteiger partial charge in [0.25, 0.3) is 0 Å². The van der Waals surface area contributed by atoms with E-state index in [1.165, 1.54) is 0 Å². The van der Waals surface area contributed by atoms with Crippen LogP contribution in [0.2, 0.25) is 0 Å². The maximum Gasteiger partial charge on any atom is 0.136 e. The lowest BCUT2D eigenvalue weighted by molar-refractivity contribution is 0.131. The standard InChI is InChI=1S/C8H12BrN3O/c9-5-4-11-12(8(5)10)6-2-1-3-7(6)13/h4,6-7,13H,1-3,10H2. The monoisotopic (exact) mass is 245 g/mol. The summed E-state index contributed by atoms with van der Waals surface area (Å²) in [4.78, 5) is 0. The van der Waals surface area contributed by atoms with Crippen LogP contribution in [0.25, 0.3) is 0 Å². The van der Waals surface area contributed by atoms with Crippen molar-refractivity contribution in [2.75, 3.05) is 5.73 Å². The molecule has 0 aliphatic heterocycles. The molecule has 1 heterocycles. The van der Waals surface area contributed by atoms with Gasteiger partial charge in [-0.2, -0.15) is 5.10 Å². The number of aliphatic hydroxyl groups excluding tert-OH is 1. The van der Waals surface area contributed by atoms with Crippen molar-refractivity contribution in [2.45, 2.75) is 31.4 Å². The molecule has 0 saturated heterocycles. The summed E-state index contributed by atoms with van der Waals surface area (Å²) in [6.07, 6.45) is 4.22. The molecule has 0 bridgehead atoms. The number of nitrogen functional groups attached to an aromatic ring is 1. The first-order valence-corrected chi connectivity index (χ1v) is 5.16. The molecular weight excluding hydrogens is 234 g/mol. The quantitative estimate of drug-likeness (QED) is 0.785. The predicted octanol–water partition coefficient (Wildman–Crippen LogP) is 1.31. The fourth-order valence-corrected chi connectivity index (χ4v) is 2.09. The smallest absolute Gasteiger partial charge is 0.136 e. The van der Waals surface area contributed by atoms with Gasteiger partial charge >= 0.3 is 0 Å². The van der Waals surface area contributed by atoms with E-state index in [0.717, 1.165) is 23.7 Å². The third kappa shape index (κ3) is 1.46. The van der Waals surface area contributed by atoms with E-state index < -0.39 is 0 Å².